The highest BCUT2D eigenvalue weighted by Crippen LogP contribution is 2.23. The maximum absolute atomic E-state index is 5.43. The van der Waals surface area contributed by atoms with Crippen LogP contribution >= 0.6 is 0 Å². The standard InChI is InChI=1S/C17H22N2O/c1-18-16(13-19-10-2-3-11-19)14-6-8-15(9-7-14)17-5-4-12-20-17/h4-9,12,16,18H,2-3,10-11,13H2,1H3. The van der Waals surface area contributed by atoms with E-state index in [9.17, 15) is 0 Å². The molecule has 2 heterocycles. The lowest BCUT2D eigenvalue weighted by atomic mass is 10.0. The highest BCUT2D eigenvalue weighted by Gasteiger charge is 2.17. The van der Waals surface area contributed by atoms with Crippen molar-refractivity contribution in [3.8, 4) is 11.3 Å². The molecular weight excluding hydrogens is 248 g/mol. The third-order valence-corrected chi connectivity index (χ3v) is 4.11. The zero-order chi connectivity index (χ0) is 13.8. The molecule has 0 radical (unpaired) electrons. The number of hydrogen-bond acceptors (Lipinski definition) is 3. The molecule has 1 aromatic heterocycles. The van der Waals surface area contributed by atoms with Crippen molar-refractivity contribution in [2.75, 3.05) is 26.7 Å². The van der Waals surface area contributed by atoms with Gasteiger partial charge in [0.25, 0.3) is 0 Å². The van der Waals surface area contributed by atoms with Gasteiger partial charge in [0.05, 0.1) is 6.26 Å². The molecule has 1 N–H and O–H groups in total. The zero-order valence-electron chi connectivity index (χ0n) is 12.0. The number of likely N-dealkylation sites (tertiary alicyclic amines) is 1. The highest BCUT2D eigenvalue weighted by molar-refractivity contribution is 5.57. The number of nitrogens with one attached hydrogen (secondary N) is 1. The van der Waals surface area contributed by atoms with Gasteiger partial charge >= 0.3 is 0 Å². The molecule has 0 bridgehead atoms. The fraction of sp³-hybridized carbons (Fsp3) is 0.412. The molecule has 0 amide bonds. The fourth-order valence-corrected chi connectivity index (χ4v) is 2.91. The Hall–Kier alpha value is -1.58. The van der Waals surface area contributed by atoms with Crippen LogP contribution in [0.4, 0.5) is 0 Å². The lowest BCUT2D eigenvalue weighted by Crippen LogP contribution is -2.31. The monoisotopic (exact) mass is 270 g/mol. The molecule has 1 fully saturated rings. The Kier molecular flexibility index (Phi) is 4.19. The first-order valence-electron chi connectivity index (χ1n) is 7.40. The normalized spacial score (nSPS) is 17.4. The molecule has 3 rings (SSSR count). The van der Waals surface area contributed by atoms with Crippen LogP contribution in [0.1, 0.15) is 24.4 Å². The molecule has 0 spiro atoms. The Morgan fingerprint density at radius 3 is 2.50 bits per heavy atom. The molecule has 1 saturated heterocycles. The van der Waals surface area contributed by atoms with Gasteiger partial charge in [0.15, 0.2) is 0 Å². The summed E-state index contributed by atoms with van der Waals surface area (Å²) in [5, 5.41) is 3.43. The molecule has 20 heavy (non-hydrogen) atoms. The van der Waals surface area contributed by atoms with E-state index in [0.29, 0.717) is 6.04 Å². The summed E-state index contributed by atoms with van der Waals surface area (Å²) in [6.07, 6.45) is 4.40. The molecular formula is C17H22N2O. The van der Waals surface area contributed by atoms with Crippen LogP contribution in [0.15, 0.2) is 47.1 Å². The van der Waals surface area contributed by atoms with E-state index >= 15 is 0 Å². The van der Waals surface area contributed by atoms with Crippen molar-refractivity contribution < 1.29 is 4.42 Å². The van der Waals surface area contributed by atoms with Crippen LogP contribution in [0.3, 0.4) is 0 Å². The summed E-state index contributed by atoms with van der Waals surface area (Å²) in [5.41, 5.74) is 2.48. The van der Waals surface area contributed by atoms with Gasteiger partial charge in [0.1, 0.15) is 5.76 Å². The van der Waals surface area contributed by atoms with Crippen LogP contribution < -0.4 is 5.32 Å². The molecule has 1 aliphatic rings. The minimum Gasteiger partial charge on any atom is -0.464 e. The molecule has 1 aromatic carbocycles. The van der Waals surface area contributed by atoms with E-state index in [4.69, 9.17) is 4.42 Å². The van der Waals surface area contributed by atoms with Gasteiger partial charge in [0.2, 0.25) is 0 Å². The Balaban J connectivity index is 1.71. The number of furan rings is 1. The fourth-order valence-electron chi connectivity index (χ4n) is 2.91. The second-order valence-electron chi connectivity index (χ2n) is 5.45. The number of nitrogens with zero attached hydrogens (tertiary/aromatic N) is 1. The molecule has 2 aromatic rings. The van der Waals surface area contributed by atoms with Gasteiger partial charge in [-0.15, -0.1) is 0 Å². The third-order valence-electron chi connectivity index (χ3n) is 4.11. The van der Waals surface area contributed by atoms with Crippen molar-refractivity contribution >= 4 is 0 Å². The van der Waals surface area contributed by atoms with Crippen molar-refractivity contribution in [3.63, 3.8) is 0 Å². The third kappa shape index (κ3) is 2.94. The number of likely N-dealkylation sites (N-methyl/N-ethyl adjacent to an activating group) is 1. The van der Waals surface area contributed by atoms with E-state index in [1.54, 1.807) is 6.26 Å². The van der Waals surface area contributed by atoms with E-state index in [1.165, 1.54) is 31.5 Å². The van der Waals surface area contributed by atoms with Gasteiger partial charge in [-0.25, -0.2) is 0 Å². The van der Waals surface area contributed by atoms with Crippen molar-refractivity contribution in [2.45, 2.75) is 18.9 Å². The van der Waals surface area contributed by atoms with Gasteiger partial charge < -0.3 is 14.6 Å². The van der Waals surface area contributed by atoms with Gasteiger partial charge in [-0.3, -0.25) is 0 Å². The van der Waals surface area contributed by atoms with E-state index in [1.807, 2.05) is 19.2 Å². The second-order valence-corrected chi connectivity index (χ2v) is 5.45. The van der Waals surface area contributed by atoms with Gasteiger partial charge in [0, 0.05) is 18.2 Å². The lowest BCUT2D eigenvalue weighted by Gasteiger charge is -2.23. The smallest absolute Gasteiger partial charge is 0.133 e. The van der Waals surface area contributed by atoms with Crippen molar-refractivity contribution in [2.24, 2.45) is 0 Å². The summed E-state index contributed by atoms with van der Waals surface area (Å²) in [6.45, 7) is 3.57. The Labute approximate surface area is 120 Å². The van der Waals surface area contributed by atoms with Crippen LogP contribution in [0, 0.1) is 0 Å². The maximum Gasteiger partial charge on any atom is 0.133 e. The van der Waals surface area contributed by atoms with Crippen molar-refractivity contribution in [1.29, 1.82) is 0 Å². The lowest BCUT2D eigenvalue weighted by molar-refractivity contribution is 0.299. The maximum atomic E-state index is 5.43. The van der Waals surface area contributed by atoms with Crippen molar-refractivity contribution in [3.05, 3.63) is 48.2 Å². The topological polar surface area (TPSA) is 28.4 Å². The summed E-state index contributed by atoms with van der Waals surface area (Å²) in [6, 6.07) is 13.0. The van der Waals surface area contributed by atoms with Crippen molar-refractivity contribution in [1.82, 2.24) is 10.2 Å². The van der Waals surface area contributed by atoms with Crippen LogP contribution in [0.2, 0.25) is 0 Å². The van der Waals surface area contributed by atoms with E-state index in [0.717, 1.165) is 17.9 Å². The number of rotatable bonds is 5. The Morgan fingerprint density at radius 2 is 1.90 bits per heavy atom. The zero-order valence-corrected chi connectivity index (χ0v) is 12.0. The van der Waals surface area contributed by atoms with Crippen LogP contribution in [0.5, 0.6) is 0 Å². The minimum atomic E-state index is 0.402. The summed E-state index contributed by atoms with van der Waals surface area (Å²) in [4.78, 5) is 2.54. The molecule has 1 unspecified atom stereocenters. The van der Waals surface area contributed by atoms with E-state index in [2.05, 4.69) is 34.5 Å². The first-order valence-corrected chi connectivity index (χ1v) is 7.40. The average molecular weight is 270 g/mol. The highest BCUT2D eigenvalue weighted by atomic mass is 16.3. The quantitative estimate of drug-likeness (QED) is 0.903. The van der Waals surface area contributed by atoms with E-state index in [-0.39, 0.29) is 0 Å². The molecule has 3 heteroatoms. The Bertz CT molecular complexity index is 512. The Morgan fingerprint density at radius 1 is 1.15 bits per heavy atom. The SMILES string of the molecule is CNC(CN1CCCC1)c1ccc(-c2ccco2)cc1. The summed E-state index contributed by atoms with van der Waals surface area (Å²) in [5.74, 6) is 0.928. The average Bonchev–Trinajstić information content (AvgIpc) is 3.18. The molecule has 0 saturated carbocycles. The van der Waals surface area contributed by atoms with Gasteiger partial charge in [-0.1, -0.05) is 24.3 Å². The molecule has 1 aliphatic heterocycles. The van der Waals surface area contributed by atoms with Gasteiger partial charge in [-0.2, -0.15) is 0 Å². The molecule has 3 nitrogen and oxygen atoms in total. The van der Waals surface area contributed by atoms with Crippen LogP contribution in [-0.4, -0.2) is 31.6 Å². The number of benzene rings is 1. The predicted octanol–water partition coefficient (Wildman–Crippen LogP) is 3.30. The first-order chi connectivity index (χ1) is 9.86. The van der Waals surface area contributed by atoms with Crippen LogP contribution in [0.25, 0.3) is 11.3 Å². The molecule has 106 valence electrons. The first kappa shape index (κ1) is 13.4. The van der Waals surface area contributed by atoms with Crippen LogP contribution in [-0.2, 0) is 0 Å². The van der Waals surface area contributed by atoms with E-state index < -0.39 is 0 Å². The largest absolute Gasteiger partial charge is 0.464 e. The summed E-state index contributed by atoms with van der Waals surface area (Å²) >= 11 is 0. The number of hydrogen-bond donors (Lipinski definition) is 1. The molecule has 1 atom stereocenters. The molecule has 0 aliphatic carbocycles. The predicted molar refractivity (Wildman–Crippen MR) is 81.6 cm³/mol. The summed E-state index contributed by atoms with van der Waals surface area (Å²) in [7, 11) is 2.04. The van der Waals surface area contributed by atoms with Gasteiger partial charge in [-0.05, 0) is 50.7 Å². The summed E-state index contributed by atoms with van der Waals surface area (Å²) < 4.78 is 5.43. The minimum absolute atomic E-state index is 0.402. The second kappa shape index (κ2) is 6.25.